The van der Waals surface area contributed by atoms with Gasteiger partial charge in [-0.1, -0.05) is 0 Å². The second kappa shape index (κ2) is 6.80. The van der Waals surface area contributed by atoms with Crippen LogP contribution in [0.5, 0.6) is 11.5 Å². The Labute approximate surface area is 151 Å². The lowest BCUT2D eigenvalue weighted by Gasteiger charge is -2.05. The summed E-state index contributed by atoms with van der Waals surface area (Å²) in [6.07, 6.45) is 3.93. The van der Waals surface area contributed by atoms with Crippen LogP contribution in [-0.4, -0.2) is 28.8 Å². The molecule has 0 aliphatic carbocycles. The Morgan fingerprint density at radius 3 is 1.85 bits per heavy atom. The summed E-state index contributed by atoms with van der Waals surface area (Å²) < 4.78 is 12.5. The first-order valence-electron chi connectivity index (χ1n) is 8.30. The number of nitrogens with one attached hydrogen (secondary N) is 1. The maximum atomic E-state index is 5.27. The first-order valence-corrected chi connectivity index (χ1v) is 8.30. The molecule has 26 heavy (non-hydrogen) atoms. The fourth-order valence-corrected chi connectivity index (χ4v) is 2.88. The molecule has 1 N–H and O–H groups in total. The van der Waals surface area contributed by atoms with Gasteiger partial charge in [0, 0.05) is 23.5 Å². The van der Waals surface area contributed by atoms with Gasteiger partial charge in [-0.3, -0.25) is 4.57 Å². The van der Waals surface area contributed by atoms with Gasteiger partial charge in [0.2, 0.25) is 5.95 Å². The Bertz CT molecular complexity index is 920. The van der Waals surface area contributed by atoms with Crippen LogP contribution in [0.4, 0.5) is 0 Å². The van der Waals surface area contributed by atoms with Crippen molar-refractivity contribution in [3.8, 4) is 40.0 Å². The molecule has 5 nitrogen and oxygen atoms in total. The molecule has 0 saturated carbocycles. The number of ether oxygens (including phenoxy) is 2. The van der Waals surface area contributed by atoms with Crippen LogP contribution in [0.15, 0.2) is 73.1 Å². The van der Waals surface area contributed by atoms with Gasteiger partial charge in [-0.2, -0.15) is 0 Å². The minimum absolute atomic E-state index is 0.770. The Hall–Kier alpha value is -3.47. The molecule has 0 unspecified atom stereocenters. The molecule has 4 rings (SSSR count). The highest BCUT2D eigenvalue weighted by molar-refractivity contribution is 5.79. The highest BCUT2D eigenvalue weighted by Crippen LogP contribution is 2.32. The van der Waals surface area contributed by atoms with Gasteiger partial charge in [-0.15, -0.1) is 0 Å². The van der Waals surface area contributed by atoms with Crippen molar-refractivity contribution in [1.82, 2.24) is 14.5 Å². The molecule has 0 bridgehead atoms. The molecule has 0 amide bonds. The summed E-state index contributed by atoms with van der Waals surface area (Å²) in [6, 6.07) is 19.8. The molecule has 0 aliphatic rings. The maximum absolute atomic E-state index is 5.27. The highest BCUT2D eigenvalue weighted by atomic mass is 16.5. The molecule has 0 radical (unpaired) electrons. The molecular formula is C21H19N3O2. The Morgan fingerprint density at radius 1 is 0.769 bits per heavy atom. The summed E-state index contributed by atoms with van der Waals surface area (Å²) in [5.41, 5.74) is 3.91. The monoisotopic (exact) mass is 345 g/mol. The van der Waals surface area contributed by atoms with Crippen molar-refractivity contribution in [1.29, 1.82) is 0 Å². The summed E-state index contributed by atoms with van der Waals surface area (Å²) >= 11 is 0. The lowest BCUT2D eigenvalue weighted by Crippen LogP contribution is -1.91. The van der Waals surface area contributed by atoms with Gasteiger partial charge in [-0.25, -0.2) is 4.98 Å². The molecule has 0 aliphatic heterocycles. The summed E-state index contributed by atoms with van der Waals surface area (Å²) in [5.74, 6) is 2.41. The van der Waals surface area contributed by atoms with E-state index < -0.39 is 0 Å². The van der Waals surface area contributed by atoms with E-state index in [1.54, 1.807) is 14.2 Å². The van der Waals surface area contributed by atoms with Crippen molar-refractivity contribution >= 4 is 0 Å². The van der Waals surface area contributed by atoms with Gasteiger partial charge in [0.15, 0.2) is 0 Å². The predicted octanol–water partition coefficient (Wildman–Crippen LogP) is 4.55. The number of H-pyrrole nitrogens is 1. The van der Waals surface area contributed by atoms with Gasteiger partial charge in [0.25, 0.3) is 0 Å². The van der Waals surface area contributed by atoms with E-state index in [2.05, 4.69) is 4.98 Å². The Kier molecular flexibility index (Phi) is 4.19. The predicted molar refractivity (Wildman–Crippen MR) is 102 cm³/mol. The van der Waals surface area contributed by atoms with E-state index in [9.17, 15) is 0 Å². The van der Waals surface area contributed by atoms with Crippen molar-refractivity contribution in [3.63, 3.8) is 0 Å². The molecule has 0 spiro atoms. The summed E-state index contributed by atoms with van der Waals surface area (Å²) in [6.45, 7) is 0. The number of aromatic nitrogens is 3. The number of methoxy groups -OCH3 is 2. The molecule has 0 atom stereocenters. The van der Waals surface area contributed by atoms with E-state index in [0.717, 1.165) is 40.0 Å². The summed E-state index contributed by atoms with van der Waals surface area (Å²) in [7, 11) is 3.33. The van der Waals surface area contributed by atoms with Crippen LogP contribution < -0.4 is 9.47 Å². The van der Waals surface area contributed by atoms with Gasteiger partial charge in [0.1, 0.15) is 11.5 Å². The van der Waals surface area contributed by atoms with E-state index in [1.165, 1.54) is 0 Å². The number of nitrogens with zero attached hydrogens (tertiary/aromatic N) is 2. The molecule has 5 heteroatoms. The van der Waals surface area contributed by atoms with Gasteiger partial charge in [-0.05, 0) is 60.7 Å². The largest absolute Gasteiger partial charge is 0.497 e. The first-order chi connectivity index (χ1) is 12.8. The van der Waals surface area contributed by atoms with Crippen molar-refractivity contribution in [2.45, 2.75) is 0 Å². The van der Waals surface area contributed by atoms with Crippen molar-refractivity contribution < 1.29 is 9.47 Å². The Balaban J connectivity index is 1.84. The summed E-state index contributed by atoms with van der Waals surface area (Å²) in [5, 5.41) is 0. The molecule has 2 aromatic heterocycles. The number of benzene rings is 2. The zero-order valence-electron chi connectivity index (χ0n) is 14.6. The minimum Gasteiger partial charge on any atom is -0.497 e. The molecule has 0 fully saturated rings. The molecule has 130 valence electrons. The topological polar surface area (TPSA) is 52.1 Å². The zero-order chi connectivity index (χ0) is 17.9. The van der Waals surface area contributed by atoms with Crippen LogP contribution in [0.2, 0.25) is 0 Å². The van der Waals surface area contributed by atoms with Gasteiger partial charge in [0.05, 0.1) is 25.6 Å². The quantitative estimate of drug-likeness (QED) is 0.577. The second-order valence-corrected chi connectivity index (χ2v) is 5.83. The van der Waals surface area contributed by atoms with E-state index in [1.807, 2.05) is 77.6 Å². The van der Waals surface area contributed by atoms with Crippen molar-refractivity contribution in [2.24, 2.45) is 0 Å². The number of hydrogen-bond donors (Lipinski definition) is 1. The third-order valence-electron chi connectivity index (χ3n) is 4.28. The zero-order valence-corrected chi connectivity index (χ0v) is 14.6. The fraction of sp³-hybridized carbons (Fsp3) is 0.0952. The number of aromatic amines is 1. The second-order valence-electron chi connectivity index (χ2n) is 5.83. The van der Waals surface area contributed by atoms with Crippen LogP contribution in [-0.2, 0) is 0 Å². The van der Waals surface area contributed by atoms with Crippen LogP contribution in [0, 0.1) is 0 Å². The van der Waals surface area contributed by atoms with E-state index >= 15 is 0 Å². The minimum atomic E-state index is 0.770. The van der Waals surface area contributed by atoms with Gasteiger partial charge < -0.3 is 14.5 Å². The van der Waals surface area contributed by atoms with Gasteiger partial charge >= 0.3 is 0 Å². The molecule has 4 aromatic rings. The highest BCUT2D eigenvalue weighted by Gasteiger charge is 2.15. The number of hydrogen-bond acceptors (Lipinski definition) is 3. The Morgan fingerprint density at radius 2 is 1.31 bits per heavy atom. The average molecular weight is 345 g/mol. The SMILES string of the molecule is COc1ccc(-c2nc(-n3cccc3)[nH]c2-c2ccc(OC)cc2)cc1. The standard InChI is InChI=1S/C21H19N3O2/c1-25-17-9-5-15(6-10-17)19-20(16-7-11-18(26-2)12-8-16)23-21(22-19)24-13-3-4-14-24/h3-14H,1-2H3,(H,22,23). The molecular weight excluding hydrogens is 326 g/mol. The summed E-state index contributed by atoms with van der Waals surface area (Å²) in [4.78, 5) is 8.28. The van der Waals surface area contributed by atoms with Crippen LogP contribution in [0.3, 0.4) is 0 Å². The lowest BCUT2D eigenvalue weighted by molar-refractivity contribution is 0.414. The smallest absolute Gasteiger partial charge is 0.212 e. The van der Waals surface area contributed by atoms with Crippen molar-refractivity contribution in [2.75, 3.05) is 14.2 Å². The molecule has 2 heterocycles. The van der Waals surface area contributed by atoms with E-state index in [4.69, 9.17) is 14.5 Å². The van der Waals surface area contributed by atoms with Crippen LogP contribution in [0.1, 0.15) is 0 Å². The fourth-order valence-electron chi connectivity index (χ4n) is 2.88. The van der Waals surface area contributed by atoms with E-state index in [-0.39, 0.29) is 0 Å². The van der Waals surface area contributed by atoms with Crippen molar-refractivity contribution in [3.05, 3.63) is 73.1 Å². The third kappa shape index (κ3) is 2.95. The normalized spacial score (nSPS) is 10.7. The lowest BCUT2D eigenvalue weighted by atomic mass is 10.0. The average Bonchev–Trinajstić information content (AvgIpc) is 3.38. The van der Waals surface area contributed by atoms with E-state index in [0.29, 0.717) is 0 Å². The first kappa shape index (κ1) is 16.0. The molecule has 2 aromatic carbocycles. The van der Waals surface area contributed by atoms with Crippen LogP contribution in [0.25, 0.3) is 28.5 Å². The third-order valence-corrected chi connectivity index (χ3v) is 4.28. The number of imidazole rings is 1. The molecule has 0 saturated heterocycles. The maximum Gasteiger partial charge on any atom is 0.212 e. The van der Waals surface area contributed by atoms with Crippen LogP contribution >= 0.6 is 0 Å². The number of rotatable bonds is 5.